The van der Waals surface area contributed by atoms with Crippen molar-refractivity contribution < 1.29 is 17.1 Å². The van der Waals surface area contributed by atoms with Crippen LogP contribution in [0.15, 0.2) is 127 Å². The Labute approximate surface area is 316 Å². The number of anilines is 4. The Kier molecular flexibility index (Phi) is 8.43. The molecule has 7 aromatic rings. The van der Waals surface area contributed by atoms with Gasteiger partial charge >= 0.3 is 0 Å². The van der Waals surface area contributed by atoms with Crippen molar-refractivity contribution >= 4 is 69.1 Å². The molecule has 3 aromatic heterocycles. The van der Waals surface area contributed by atoms with Crippen LogP contribution in [0.5, 0.6) is 0 Å². The molecule has 0 atom stereocenters. The van der Waals surface area contributed by atoms with Gasteiger partial charge in [0.05, 0.1) is 33.8 Å². The van der Waals surface area contributed by atoms with E-state index in [0.29, 0.717) is 22.7 Å². The number of nitrogen functional groups attached to an aromatic ring is 4. The molecule has 0 saturated heterocycles. The number of aromatic amines is 1. The second-order valence-electron chi connectivity index (χ2n) is 13.0. The van der Waals surface area contributed by atoms with Gasteiger partial charge in [0.1, 0.15) is 0 Å². The summed E-state index contributed by atoms with van der Waals surface area (Å²) in [5.74, 6) is 0. The monoisotopic (exact) mass is 730 g/mol. The van der Waals surface area contributed by atoms with Gasteiger partial charge in [-0.25, -0.2) is 9.97 Å². The van der Waals surface area contributed by atoms with Gasteiger partial charge < -0.3 is 32.5 Å². The maximum absolute atomic E-state index is 6.29. The van der Waals surface area contributed by atoms with Gasteiger partial charge in [-0.2, -0.15) is 0 Å². The first kappa shape index (κ1) is 33.3. The third-order valence-corrected chi connectivity index (χ3v) is 9.42. The van der Waals surface area contributed by atoms with Crippen LogP contribution in [0.25, 0.3) is 85.4 Å². The fourth-order valence-electron chi connectivity index (χ4n) is 6.99. The number of nitrogens with two attached hydrogens (primary N) is 4. The van der Waals surface area contributed by atoms with Gasteiger partial charge in [-0.15, -0.1) is 0 Å². The fraction of sp³-hybridized carbons (Fsp3) is 0. The second kappa shape index (κ2) is 13.4. The molecular formula is C44H34FeN8. The molecule has 9 rings (SSSR count). The van der Waals surface area contributed by atoms with Crippen LogP contribution in [0.1, 0.15) is 22.8 Å². The van der Waals surface area contributed by atoms with Crippen molar-refractivity contribution in [1.29, 1.82) is 0 Å². The molecule has 9 heteroatoms. The number of hydrogen-bond acceptors (Lipinski definition) is 6. The zero-order valence-electron chi connectivity index (χ0n) is 28.4. The number of benzene rings is 4. The Morgan fingerprint density at radius 2 is 0.868 bits per heavy atom. The predicted molar refractivity (Wildman–Crippen MR) is 218 cm³/mol. The third-order valence-electron chi connectivity index (χ3n) is 9.42. The maximum atomic E-state index is 6.29. The Balaban J connectivity index is 0.00000400. The molecule has 0 saturated carbocycles. The number of nitrogens with zero attached hydrogens (tertiary/aromatic N) is 3. The van der Waals surface area contributed by atoms with Crippen molar-refractivity contribution in [3.8, 4) is 39.1 Å². The summed E-state index contributed by atoms with van der Waals surface area (Å²) >= 11 is 0. The molecule has 8 bridgehead atoms. The largest absolute Gasteiger partial charge is 0.399 e. The topological polar surface area (TPSA) is 151 Å². The van der Waals surface area contributed by atoms with Crippen LogP contribution in [0.3, 0.4) is 0 Å². The molecule has 53 heavy (non-hydrogen) atoms. The predicted octanol–water partition coefficient (Wildman–Crippen LogP) is 9.45. The molecule has 0 radical (unpaired) electrons. The molecule has 0 spiro atoms. The van der Waals surface area contributed by atoms with E-state index < -0.39 is 0 Å². The van der Waals surface area contributed by atoms with Gasteiger partial charge in [0.2, 0.25) is 0 Å². The molecule has 8 nitrogen and oxygen atoms in total. The van der Waals surface area contributed by atoms with Crippen LogP contribution in [0.2, 0.25) is 0 Å². The first-order valence-electron chi connectivity index (χ1n) is 17.0. The minimum absolute atomic E-state index is 0. The number of fused-ring (bicyclic) bond motifs is 8. The van der Waals surface area contributed by atoms with Gasteiger partial charge in [0, 0.05) is 73.2 Å². The molecule has 2 aliphatic rings. The second-order valence-corrected chi connectivity index (χ2v) is 13.0. The smallest absolute Gasteiger partial charge is 0.0737 e. The number of rotatable bonds is 4. The van der Waals surface area contributed by atoms with E-state index in [1.54, 1.807) is 0 Å². The zero-order valence-corrected chi connectivity index (χ0v) is 29.5. The fourth-order valence-corrected chi connectivity index (χ4v) is 6.99. The minimum atomic E-state index is 0. The summed E-state index contributed by atoms with van der Waals surface area (Å²) in [6, 6.07) is 42.3. The first-order chi connectivity index (χ1) is 25.4. The molecule has 258 valence electrons. The van der Waals surface area contributed by atoms with Crippen molar-refractivity contribution in [2.75, 3.05) is 22.9 Å². The number of H-pyrrole nitrogens is 1. The number of nitrogens with one attached hydrogen (secondary N) is 1. The van der Waals surface area contributed by atoms with Crippen molar-refractivity contribution in [2.45, 2.75) is 0 Å². The van der Waals surface area contributed by atoms with Crippen molar-refractivity contribution in [3.63, 3.8) is 0 Å². The molecule has 0 fully saturated rings. The third kappa shape index (κ3) is 6.25. The normalized spacial score (nSPS) is 11.8. The van der Waals surface area contributed by atoms with Gasteiger partial charge in [0.25, 0.3) is 0 Å². The average Bonchev–Trinajstić information content (AvgIpc) is 3.95. The Morgan fingerprint density at radius 1 is 0.434 bits per heavy atom. The van der Waals surface area contributed by atoms with Gasteiger partial charge in [-0.3, -0.25) is 0 Å². The SMILES string of the molecule is Nc1ccc(-c2c(-c3ccc(N)cc3)c3c(-c4ccc(N)cc4)c4nc(cc5ccc(cc6nc(cc2n3-c2ccc(N)cc2)C=C6)[nH]5)C=C4)cc1.[Fe]. The average molecular weight is 731 g/mol. The molecule has 2 aliphatic heterocycles. The molecule has 0 aliphatic carbocycles. The van der Waals surface area contributed by atoms with E-state index in [0.717, 1.165) is 83.9 Å². The van der Waals surface area contributed by atoms with Gasteiger partial charge in [0.15, 0.2) is 0 Å². The summed E-state index contributed by atoms with van der Waals surface area (Å²) in [6.45, 7) is 0. The van der Waals surface area contributed by atoms with Crippen LogP contribution in [-0.2, 0) is 17.1 Å². The van der Waals surface area contributed by atoms with E-state index >= 15 is 0 Å². The molecule has 5 heterocycles. The summed E-state index contributed by atoms with van der Waals surface area (Å²) in [7, 11) is 0. The van der Waals surface area contributed by atoms with Gasteiger partial charge in [-0.05, 0) is 132 Å². The van der Waals surface area contributed by atoms with Crippen LogP contribution >= 0.6 is 0 Å². The minimum Gasteiger partial charge on any atom is -0.399 e. The van der Waals surface area contributed by atoms with E-state index in [9.17, 15) is 0 Å². The quantitative estimate of drug-likeness (QED) is 0.0899. The molecule has 4 aromatic carbocycles. The standard InChI is InChI=1S/C44H34N8.Fe/c45-29-7-1-26(2-8-29)41-39-22-19-36(51-39)24-35-16-15-33(49-35)23-34-17-18-37(50-34)25-40-42(27-3-9-30(46)10-4-27)43(28-5-11-31(47)12-6-28)44(41)52(40)38-20-13-32(48)14-21-38;/h1-25,49H,45-48H2;. The summed E-state index contributed by atoms with van der Waals surface area (Å²) in [4.78, 5) is 13.8. The molecule has 0 amide bonds. The number of hydrogen-bond donors (Lipinski definition) is 5. The van der Waals surface area contributed by atoms with Crippen molar-refractivity contribution in [2.24, 2.45) is 0 Å². The first-order valence-corrected chi connectivity index (χ1v) is 17.0. The Bertz CT molecular complexity index is 2740. The van der Waals surface area contributed by atoms with E-state index in [4.69, 9.17) is 32.9 Å². The van der Waals surface area contributed by atoms with Crippen LogP contribution < -0.4 is 22.9 Å². The van der Waals surface area contributed by atoms with Crippen molar-refractivity contribution in [3.05, 3.63) is 150 Å². The zero-order chi connectivity index (χ0) is 35.3. The summed E-state index contributed by atoms with van der Waals surface area (Å²) < 4.78 is 2.29. The number of aromatic nitrogens is 4. The van der Waals surface area contributed by atoms with E-state index in [1.807, 2.05) is 91.0 Å². The maximum Gasteiger partial charge on any atom is 0.0737 e. The summed E-state index contributed by atoms with van der Waals surface area (Å²) in [5, 5.41) is 0. The van der Waals surface area contributed by atoms with E-state index in [-0.39, 0.29) is 17.1 Å². The summed E-state index contributed by atoms with van der Waals surface area (Å²) in [6.07, 6.45) is 8.21. The van der Waals surface area contributed by atoms with Crippen LogP contribution in [0.4, 0.5) is 22.7 Å². The van der Waals surface area contributed by atoms with Crippen LogP contribution in [0, 0.1) is 0 Å². The van der Waals surface area contributed by atoms with Gasteiger partial charge in [-0.1, -0.05) is 36.4 Å². The van der Waals surface area contributed by atoms with E-state index in [2.05, 4.69) is 70.2 Å². The van der Waals surface area contributed by atoms with E-state index in [1.165, 1.54) is 0 Å². The molecular weight excluding hydrogens is 696 g/mol. The van der Waals surface area contributed by atoms with Crippen LogP contribution in [-0.4, -0.2) is 19.5 Å². The van der Waals surface area contributed by atoms with Crippen molar-refractivity contribution in [1.82, 2.24) is 19.5 Å². The Morgan fingerprint density at radius 3 is 1.42 bits per heavy atom. The molecule has 9 N–H and O–H groups in total. The summed E-state index contributed by atoms with van der Waals surface area (Å²) in [5.41, 5.74) is 41.6. The Hall–Kier alpha value is -6.80. The molecule has 0 unspecified atom stereocenters.